The van der Waals surface area contributed by atoms with Crippen LogP contribution in [0.5, 0.6) is 0 Å². The summed E-state index contributed by atoms with van der Waals surface area (Å²) in [5, 5.41) is 12.3. The lowest BCUT2D eigenvalue weighted by Gasteiger charge is -2.05. The van der Waals surface area contributed by atoms with Gasteiger partial charge in [0.1, 0.15) is 0 Å². The van der Waals surface area contributed by atoms with Gasteiger partial charge in [-0.15, -0.1) is 0 Å². The molecule has 0 amide bonds. The molecule has 0 aliphatic carbocycles. The summed E-state index contributed by atoms with van der Waals surface area (Å²) in [6.45, 7) is 9.37. The SMILES string of the molecule is CCNCCc1c(C)nn(Cc2ccsc2)c1C. The third-order valence-electron chi connectivity index (χ3n) is 3.25. The molecular formula is C14H21N3S. The third kappa shape index (κ3) is 3.00. The smallest absolute Gasteiger partial charge is 0.0670 e. The van der Waals surface area contributed by atoms with E-state index in [1.54, 1.807) is 11.3 Å². The lowest BCUT2D eigenvalue weighted by atomic mass is 10.1. The molecule has 0 aliphatic heterocycles. The summed E-state index contributed by atoms with van der Waals surface area (Å²) in [7, 11) is 0. The molecule has 0 fully saturated rings. The molecule has 4 heteroatoms. The van der Waals surface area contributed by atoms with E-state index in [2.05, 4.69) is 52.7 Å². The number of nitrogens with zero attached hydrogens (tertiary/aromatic N) is 2. The van der Waals surface area contributed by atoms with Crippen LogP contribution in [0.3, 0.4) is 0 Å². The highest BCUT2D eigenvalue weighted by Crippen LogP contribution is 2.16. The molecule has 1 N–H and O–H groups in total. The van der Waals surface area contributed by atoms with Gasteiger partial charge in [-0.1, -0.05) is 6.92 Å². The van der Waals surface area contributed by atoms with Gasteiger partial charge in [0.2, 0.25) is 0 Å². The number of rotatable bonds is 6. The number of aromatic nitrogens is 2. The fourth-order valence-electron chi connectivity index (χ4n) is 2.20. The van der Waals surface area contributed by atoms with Gasteiger partial charge in [0.15, 0.2) is 0 Å². The van der Waals surface area contributed by atoms with Crippen molar-refractivity contribution in [3.63, 3.8) is 0 Å². The van der Waals surface area contributed by atoms with Crippen molar-refractivity contribution in [3.05, 3.63) is 39.3 Å². The van der Waals surface area contributed by atoms with Crippen LogP contribution >= 0.6 is 11.3 Å². The first kappa shape index (κ1) is 13.3. The molecule has 0 radical (unpaired) electrons. The van der Waals surface area contributed by atoms with Crippen LogP contribution in [0.25, 0.3) is 0 Å². The van der Waals surface area contributed by atoms with E-state index in [1.165, 1.54) is 22.5 Å². The van der Waals surface area contributed by atoms with Gasteiger partial charge in [-0.05, 0) is 61.3 Å². The zero-order valence-electron chi connectivity index (χ0n) is 11.4. The molecule has 0 spiro atoms. The summed E-state index contributed by atoms with van der Waals surface area (Å²) in [6.07, 6.45) is 1.06. The molecule has 2 rings (SSSR count). The summed E-state index contributed by atoms with van der Waals surface area (Å²) < 4.78 is 2.12. The van der Waals surface area contributed by atoms with Crippen LogP contribution in [0, 0.1) is 13.8 Å². The molecular weight excluding hydrogens is 242 g/mol. The Morgan fingerprint density at radius 3 is 2.89 bits per heavy atom. The molecule has 0 atom stereocenters. The number of hydrogen-bond acceptors (Lipinski definition) is 3. The molecule has 2 heterocycles. The Bertz CT molecular complexity index is 485. The zero-order valence-corrected chi connectivity index (χ0v) is 12.2. The van der Waals surface area contributed by atoms with E-state index in [4.69, 9.17) is 0 Å². The van der Waals surface area contributed by atoms with E-state index in [0.29, 0.717) is 0 Å². The molecule has 2 aromatic rings. The Kier molecular flexibility index (Phi) is 4.55. The summed E-state index contributed by atoms with van der Waals surface area (Å²) >= 11 is 1.74. The maximum absolute atomic E-state index is 4.66. The van der Waals surface area contributed by atoms with Crippen molar-refractivity contribution in [1.29, 1.82) is 0 Å². The number of thiophene rings is 1. The largest absolute Gasteiger partial charge is 0.317 e. The van der Waals surface area contributed by atoms with Crippen LogP contribution in [-0.2, 0) is 13.0 Å². The topological polar surface area (TPSA) is 29.9 Å². The Morgan fingerprint density at radius 1 is 1.39 bits per heavy atom. The average molecular weight is 263 g/mol. The highest BCUT2D eigenvalue weighted by atomic mass is 32.1. The molecule has 0 aliphatic rings. The van der Waals surface area contributed by atoms with Crippen molar-refractivity contribution in [2.24, 2.45) is 0 Å². The van der Waals surface area contributed by atoms with Crippen LogP contribution in [-0.4, -0.2) is 22.9 Å². The maximum Gasteiger partial charge on any atom is 0.0670 e. The first-order valence-corrected chi connectivity index (χ1v) is 7.41. The fourth-order valence-corrected chi connectivity index (χ4v) is 2.86. The Hall–Kier alpha value is -1.13. The lowest BCUT2D eigenvalue weighted by molar-refractivity contribution is 0.658. The quantitative estimate of drug-likeness (QED) is 0.812. The second kappa shape index (κ2) is 6.16. The van der Waals surface area contributed by atoms with E-state index >= 15 is 0 Å². The van der Waals surface area contributed by atoms with Crippen molar-refractivity contribution < 1.29 is 0 Å². The van der Waals surface area contributed by atoms with Crippen molar-refractivity contribution in [1.82, 2.24) is 15.1 Å². The number of hydrogen-bond donors (Lipinski definition) is 1. The first-order valence-electron chi connectivity index (χ1n) is 6.47. The van der Waals surface area contributed by atoms with Crippen molar-refractivity contribution in [2.75, 3.05) is 13.1 Å². The van der Waals surface area contributed by atoms with E-state index in [0.717, 1.165) is 26.1 Å². The normalized spacial score (nSPS) is 11.1. The van der Waals surface area contributed by atoms with Gasteiger partial charge in [0.05, 0.1) is 12.2 Å². The minimum atomic E-state index is 0.886. The maximum atomic E-state index is 4.66. The molecule has 0 saturated carbocycles. The van der Waals surface area contributed by atoms with Crippen LogP contribution < -0.4 is 5.32 Å². The predicted octanol–water partition coefficient (Wildman–Crippen LogP) is 2.76. The summed E-state index contributed by atoms with van der Waals surface area (Å²) in [5.41, 5.74) is 5.20. The van der Waals surface area contributed by atoms with Gasteiger partial charge in [0.25, 0.3) is 0 Å². The van der Waals surface area contributed by atoms with E-state index in [1.807, 2.05) is 0 Å². The molecule has 0 aromatic carbocycles. The van der Waals surface area contributed by atoms with E-state index in [-0.39, 0.29) is 0 Å². The van der Waals surface area contributed by atoms with Crippen molar-refractivity contribution >= 4 is 11.3 Å². The Labute approximate surface area is 113 Å². The summed E-state index contributed by atoms with van der Waals surface area (Å²) in [5.74, 6) is 0. The second-order valence-electron chi connectivity index (χ2n) is 4.54. The Balaban J connectivity index is 2.10. The van der Waals surface area contributed by atoms with E-state index in [9.17, 15) is 0 Å². The zero-order chi connectivity index (χ0) is 13.0. The summed E-state index contributed by atoms with van der Waals surface area (Å²) in [6, 6.07) is 2.17. The molecule has 3 nitrogen and oxygen atoms in total. The molecule has 98 valence electrons. The minimum absolute atomic E-state index is 0.886. The number of nitrogens with one attached hydrogen (secondary N) is 1. The predicted molar refractivity (Wildman–Crippen MR) is 77.4 cm³/mol. The molecule has 0 saturated heterocycles. The highest BCUT2D eigenvalue weighted by molar-refractivity contribution is 7.07. The fraction of sp³-hybridized carbons (Fsp3) is 0.500. The van der Waals surface area contributed by atoms with Crippen LogP contribution in [0.1, 0.15) is 29.4 Å². The third-order valence-corrected chi connectivity index (χ3v) is 3.98. The van der Waals surface area contributed by atoms with Crippen LogP contribution in [0.2, 0.25) is 0 Å². The number of aryl methyl sites for hydroxylation is 1. The molecule has 18 heavy (non-hydrogen) atoms. The van der Waals surface area contributed by atoms with Crippen LogP contribution in [0.4, 0.5) is 0 Å². The Morgan fingerprint density at radius 2 is 2.22 bits per heavy atom. The lowest BCUT2D eigenvalue weighted by Crippen LogP contribution is -2.16. The van der Waals surface area contributed by atoms with Gasteiger partial charge >= 0.3 is 0 Å². The van der Waals surface area contributed by atoms with Gasteiger partial charge in [-0.3, -0.25) is 4.68 Å². The van der Waals surface area contributed by atoms with E-state index < -0.39 is 0 Å². The monoisotopic (exact) mass is 263 g/mol. The average Bonchev–Trinajstić information content (AvgIpc) is 2.93. The second-order valence-corrected chi connectivity index (χ2v) is 5.32. The first-order chi connectivity index (χ1) is 8.72. The minimum Gasteiger partial charge on any atom is -0.317 e. The number of likely N-dealkylation sites (N-methyl/N-ethyl adjacent to an activating group) is 1. The standard InChI is InChI=1S/C14H21N3S/c1-4-15-7-5-14-11(2)16-17(12(14)3)9-13-6-8-18-10-13/h6,8,10,15H,4-5,7,9H2,1-3H3. The van der Waals surface area contributed by atoms with Crippen molar-refractivity contribution in [3.8, 4) is 0 Å². The highest BCUT2D eigenvalue weighted by Gasteiger charge is 2.11. The van der Waals surface area contributed by atoms with Gasteiger partial charge in [0, 0.05) is 5.69 Å². The summed E-state index contributed by atoms with van der Waals surface area (Å²) in [4.78, 5) is 0. The van der Waals surface area contributed by atoms with Crippen molar-refractivity contribution in [2.45, 2.75) is 33.7 Å². The molecule has 2 aromatic heterocycles. The van der Waals surface area contributed by atoms with Gasteiger partial charge < -0.3 is 5.32 Å². The molecule has 0 bridgehead atoms. The van der Waals surface area contributed by atoms with Gasteiger partial charge in [-0.25, -0.2) is 0 Å². The van der Waals surface area contributed by atoms with Crippen LogP contribution in [0.15, 0.2) is 16.8 Å². The molecule has 0 unspecified atom stereocenters. The van der Waals surface area contributed by atoms with Gasteiger partial charge in [-0.2, -0.15) is 16.4 Å².